The van der Waals surface area contributed by atoms with Crippen molar-refractivity contribution in [2.24, 2.45) is 20.5 Å². The van der Waals surface area contributed by atoms with Crippen molar-refractivity contribution >= 4 is 69.3 Å². The topological polar surface area (TPSA) is 142 Å². The maximum absolute atomic E-state index is 12.9. The van der Waals surface area contributed by atoms with Crippen LogP contribution in [0.2, 0.25) is 10.0 Å². The predicted molar refractivity (Wildman–Crippen MR) is 189 cm³/mol. The highest BCUT2D eigenvalue weighted by atomic mass is 35.5. The fourth-order valence-corrected chi connectivity index (χ4v) is 5.07. The Kier molecular flexibility index (Phi) is 11.7. The number of carbonyl (C=O) groups excluding carboxylic acids is 4. The summed E-state index contributed by atoms with van der Waals surface area (Å²) in [5.74, 6) is -2.14. The summed E-state index contributed by atoms with van der Waals surface area (Å²) in [6.07, 6.45) is 0. The molecule has 4 aromatic carbocycles. The molecule has 2 atom stereocenters. The van der Waals surface area contributed by atoms with E-state index in [4.69, 9.17) is 23.2 Å². The Morgan fingerprint density at radius 1 is 0.625 bits per heavy atom. The molecule has 246 valence electrons. The molecule has 12 heteroatoms. The zero-order valence-corrected chi connectivity index (χ0v) is 28.8. The number of rotatable bonds is 11. The van der Waals surface area contributed by atoms with Crippen LogP contribution < -0.4 is 10.6 Å². The molecule has 4 aromatic rings. The second kappa shape index (κ2) is 15.7. The van der Waals surface area contributed by atoms with Gasteiger partial charge in [0, 0.05) is 16.9 Å². The molecule has 0 saturated carbocycles. The predicted octanol–water partition coefficient (Wildman–Crippen LogP) is 9.25. The number of nitrogens with zero attached hydrogens (tertiary/aromatic N) is 4. The van der Waals surface area contributed by atoms with Crippen LogP contribution in [0, 0.1) is 27.7 Å². The molecule has 2 N–H and O–H groups in total. The van der Waals surface area contributed by atoms with Crippen molar-refractivity contribution in [3.8, 4) is 11.1 Å². The van der Waals surface area contributed by atoms with Crippen LogP contribution in [0.25, 0.3) is 11.1 Å². The van der Waals surface area contributed by atoms with Gasteiger partial charge in [0.15, 0.2) is 11.6 Å². The zero-order chi connectivity index (χ0) is 35.1. The number of hydrogen-bond acceptors (Lipinski definition) is 8. The van der Waals surface area contributed by atoms with Crippen LogP contribution in [0.5, 0.6) is 0 Å². The number of aryl methyl sites for hydroxylation is 2. The van der Waals surface area contributed by atoms with Crippen molar-refractivity contribution in [3.63, 3.8) is 0 Å². The van der Waals surface area contributed by atoms with Gasteiger partial charge in [0.2, 0.25) is 12.1 Å². The molecule has 4 rings (SSSR count). The normalized spacial score (nSPS) is 12.6. The monoisotopic (exact) mass is 684 g/mol. The van der Waals surface area contributed by atoms with Crippen molar-refractivity contribution in [2.45, 2.75) is 53.6 Å². The van der Waals surface area contributed by atoms with Gasteiger partial charge in [-0.1, -0.05) is 59.6 Å². The molecule has 10 nitrogen and oxygen atoms in total. The highest BCUT2D eigenvalue weighted by molar-refractivity contribution is 6.37. The average molecular weight is 686 g/mol. The fourth-order valence-electron chi connectivity index (χ4n) is 4.60. The van der Waals surface area contributed by atoms with E-state index in [1.807, 2.05) is 52.0 Å². The summed E-state index contributed by atoms with van der Waals surface area (Å²) in [4.78, 5) is 50.3. The minimum Gasteiger partial charge on any atom is -0.324 e. The van der Waals surface area contributed by atoms with Gasteiger partial charge < -0.3 is 10.6 Å². The van der Waals surface area contributed by atoms with Crippen LogP contribution in [0.4, 0.5) is 22.7 Å². The van der Waals surface area contributed by atoms with E-state index in [9.17, 15) is 19.2 Å². The summed E-state index contributed by atoms with van der Waals surface area (Å²) in [5, 5.41) is 22.2. The summed E-state index contributed by atoms with van der Waals surface area (Å²) in [7, 11) is 0. The van der Waals surface area contributed by atoms with Crippen molar-refractivity contribution in [3.05, 3.63) is 105 Å². The lowest BCUT2D eigenvalue weighted by atomic mass is 10.0. The van der Waals surface area contributed by atoms with Crippen molar-refractivity contribution in [1.82, 2.24) is 0 Å². The Morgan fingerprint density at radius 3 is 1.58 bits per heavy atom. The molecule has 0 aliphatic heterocycles. The van der Waals surface area contributed by atoms with Gasteiger partial charge in [0.25, 0.3) is 11.8 Å². The maximum Gasteiger partial charge on any atom is 0.258 e. The van der Waals surface area contributed by atoms with Gasteiger partial charge in [0.05, 0.1) is 15.7 Å². The highest BCUT2D eigenvalue weighted by Gasteiger charge is 2.25. The van der Waals surface area contributed by atoms with Crippen LogP contribution in [0.15, 0.2) is 93.3 Å². The van der Waals surface area contributed by atoms with Crippen LogP contribution in [-0.4, -0.2) is 35.5 Å². The van der Waals surface area contributed by atoms with E-state index in [0.717, 1.165) is 22.3 Å². The van der Waals surface area contributed by atoms with Crippen molar-refractivity contribution in [2.75, 3.05) is 10.6 Å². The lowest BCUT2D eigenvalue weighted by Crippen LogP contribution is -2.32. The van der Waals surface area contributed by atoms with E-state index in [0.29, 0.717) is 33.2 Å². The summed E-state index contributed by atoms with van der Waals surface area (Å²) in [6.45, 7) is 10.1. The molecule has 0 aliphatic rings. The molecule has 0 bridgehead atoms. The van der Waals surface area contributed by atoms with Crippen LogP contribution in [0.1, 0.15) is 36.1 Å². The number of amides is 2. The second-order valence-corrected chi connectivity index (χ2v) is 12.1. The van der Waals surface area contributed by atoms with E-state index in [1.165, 1.54) is 19.9 Å². The Balaban J connectivity index is 1.48. The lowest BCUT2D eigenvalue weighted by Gasteiger charge is -2.13. The number of azo groups is 2. The van der Waals surface area contributed by atoms with E-state index >= 15 is 0 Å². The molecular weight excluding hydrogens is 651 g/mol. The maximum atomic E-state index is 12.9. The molecule has 2 unspecified atom stereocenters. The van der Waals surface area contributed by atoms with Crippen LogP contribution in [-0.2, 0) is 19.2 Å². The number of hydrogen-bond donors (Lipinski definition) is 2. The van der Waals surface area contributed by atoms with Crippen molar-refractivity contribution < 1.29 is 19.2 Å². The van der Waals surface area contributed by atoms with Gasteiger partial charge in [-0.25, -0.2) is 0 Å². The lowest BCUT2D eigenvalue weighted by molar-refractivity contribution is -0.127. The summed E-state index contributed by atoms with van der Waals surface area (Å²) >= 11 is 13.1. The highest BCUT2D eigenvalue weighted by Crippen LogP contribution is 2.38. The van der Waals surface area contributed by atoms with Gasteiger partial charge in [-0.15, -0.1) is 0 Å². The largest absolute Gasteiger partial charge is 0.324 e. The minimum absolute atomic E-state index is 0.177. The van der Waals surface area contributed by atoms with E-state index in [2.05, 4.69) is 31.1 Å². The number of benzene rings is 4. The number of ketones is 2. The number of Topliss-reactive ketones (excluding diaryl/α,β-unsaturated/α-hetero) is 2. The molecule has 0 spiro atoms. The molecule has 2 amide bonds. The Bertz CT molecular complexity index is 1960. The number of carbonyl (C=O) groups is 4. The zero-order valence-electron chi connectivity index (χ0n) is 27.3. The van der Waals surface area contributed by atoms with E-state index in [1.54, 1.807) is 42.5 Å². The van der Waals surface area contributed by atoms with Crippen molar-refractivity contribution in [1.29, 1.82) is 0 Å². The molecule has 0 radical (unpaired) electrons. The van der Waals surface area contributed by atoms with E-state index < -0.39 is 35.5 Å². The van der Waals surface area contributed by atoms with Gasteiger partial charge in [-0.05, 0) is 106 Å². The summed E-state index contributed by atoms with van der Waals surface area (Å²) < 4.78 is 0. The Hall–Kier alpha value is -5.06. The number of halogens is 2. The van der Waals surface area contributed by atoms with Crippen LogP contribution in [0.3, 0.4) is 0 Å². The first kappa shape index (κ1) is 35.8. The summed E-state index contributed by atoms with van der Waals surface area (Å²) in [6, 6.07) is 18.1. The molecule has 0 aliphatic carbocycles. The third kappa shape index (κ3) is 8.64. The molecular formula is C36H34Cl2N6O4. The average Bonchev–Trinajstić information content (AvgIpc) is 3.03. The molecule has 0 fully saturated rings. The molecule has 0 saturated heterocycles. The first-order valence-corrected chi connectivity index (χ1v) is 15.7. The first-order valence-electron chi connectivity index (χ1n) is 14.9. The Labute approximate surface area is 288 Å². The van der Waals surface area contributed by atoms with E-state index in [-0.39, 0.29) is 10.7 Å². The SMILES string of the molecule is CC(=O)C(N=Nc1ccc(-c2cc(Cl)c(N=NC(C(C)=O)C(=O)Nc3cccc(C)c3C)cc2Cl)cc1)C(=O)Nc1cccc(C)c1C. The third-order valence-corrected chi connectivity index (χ3v) is 8.39. The molecule has 0 aromatic heterocycles. The van der Waals surface area contributed by atoms with Gasteiger partial charge in [-0.2, -0.15) is 20.5 Å². The fraction of sp³-hybridized carbons (Fsp3) is 0.222. The smallest absolute Gasteiger partial charge is 0.258 e. The quantitative estimate of drug-likeness (QED) is 0.120. The van der Waals surface area contributed by atoms with Gasteiger partial charge in [-0.3, -0.25) is 19.2 Å². The molecule has 0 heterocycles. The van der Waals surface area contributed by atoms with Crippen LogP contribution >= 0.6 is 23.2 Å². The first-order chi connectivity index (χ1) is 22.8. The number of nitrogens with one attached hydrogen (secondary N) is 2. The van der Waals surface area contributed by atoms with Gasteiger partial charge >= 0.3 is 0 Å². The third-order valence-electron chi connectivity index (χ3n) is 7.78. The number of anilines is 2. The second-order valence-electron chi connectivity index (χ2n) is 11.3. The Morgan fingerprint density at radius 2 is 1.10 bits per heavy atom. The summed E-state index contributed by atoms with van der Waals surface area (Å²) in [5.41, 5.74) is 6.80. The molecule has 48 heavy (non-hydrogen) atoms. The standard InChI is InChI=1S/C36H34Cl2N6O4/c1-19-9-7-11-30(21(19)3)39-35(47)33(23(5)45)43-41-26-15-13-25(14-16-26)27-17-29(38)32(18-28(27)37)42-44-34(24(6)46)36(48)40-31-12-8-10-20(2)22(31)4/h7-18,33-34H,1-6H3,(H,39,47)(H,40,48). The minimum atomic E-state index is -1.39. The van der Waals surface area contributed by atoms with Gasteiger partial charge in [0.1, 0.15) is 5.69 Å².